The Labute approximate surface area is 118 Å². The van der Waals surface area contributed by atoms with Gasteiger partial charge in [-0.15, -0.1) is 0 Å². The van der Waals surface area contributed by atoms with E-state index in [0.29, 0.717) is 12.8 Å². The molecule has 0 bridgehead atoms. The van der Waals surface area contributed by atoms with Crippen LogP contribution in [-0.2, 0) is 19.4 Å². The minimum Gasteiger partial charge on any atom is -0.481 e. The summed E-state index contributed by atoms with van der Waals surface area (Å²) < 4.78 is 24.0. The Morgan fingerprint density at radius 2 is 1.80 bits per heavy atom. The van der Waals surface area contributed by atoms with Gasteiger partial charge < -0.3 is 10.4 Å². The van der Waals surface area contributed by atoms with Gasteiger partial charge in [-0.2, -0.15) is 0 Å². The monoisotopic (exact) mass is 303 g/mol. The first-order valence-electron chi connectivity index (χ1n) is 7.02. The third-order valence-corrected chi connectivity index (χ3v) is 5.83. The number of carboxylic acids is 1. The van der Waals surface area contributed by atoms with Gasteiger partial charge in [0.25, 0.3) is 0 Å². The minimum absolute atomic E-state index is 0.103. The maximum atomic E-state index is 12.0. The van der Waals surface area contributed by atoms with E-state index in [1.807, 2.05) is 0 Å². The normalized spacial score (nSPS) is 21.6. The summed E-state index contributed by atoms with van der Waals surface area (Å²) in [4.78, 5) is 22.5. The molecule has 2 aliphatic carbocycles. The van der Waals surface area contributed by atoms with Crippen LogP contribution in [-0.4, -0.2) is 42.9 Å². The summed E-state index contributed by atoms with van der Waals surface area (Å²) in [7, 11) is -3.54. The van der Waals surface area contributed by atoms with E-state index in [4.69, 9.17) is 5.11 Å². The number of aliphatic carboxylic acids is 1. The number of hydrogen-bond donors (Lipinski definition) is 2. The highest BCUT2D eigenvalue weighted by Crippen LogP contribution is 2.49. The van der Waals surface area contributed by atoms with Gasteiger partial charge in [0, 0.05) is 6.04 Å². The van der Waals surface area contributed by atoms with Crippen LogP contribution in [0, 0.1) is 5.41 Å². The average molecular weight is 303 g/mol. The molecule has 2 rings (SSSR count). The quantitative estimate of drug-likeness (QED) is 0.721. The highest BCUT2D eigenvalue weighted by molar-refractivity contribution is 7.92. The smallest absolute Gasteiger partial charge is 0.303 e. The maximum absolute atomic E-state index is 12.0. The third-order valence-electron chi connectivity index (χ3n) is 4.08. The van der Waals surface area contributed by atoms with Crippen molar-refractivity contribution in [1.29, 1.82) is 0 Å². The lowest BCUT2D eigenvalue weighted by Crippen LogP contribution is -2.38. The number of carboxylic acid groups (broad SMARTS) is 1. The molecule has 2 saturated carbocycles. The second-order valence-electron chi connectivity index (χ2n) is 6.15. The molecule has 0 radical (unpaired) electrons. The molecule has 2 N–H and O–H groups in total. The van der Waals surface area contributed by atoms with Crippen LogP contribution in [0.4, 0.5) is 0 Å². The molecule has 2 fully saturated rings. The van der Waals surface area contributed by atoms with Crippen molar-refractivity contribution < 1.29 is 23.1 Å². The van der Waals surface area contributed by atoms with E-state index in [2.05, 4.69) is 5.32 Å². The van der Waals surface area contributed by atoms with E-state index in [1.165, 1.54) is 0 Å². The Morgan fingerprint density at radius 3 is 2.30 bits per heavy atom. The van der Waals surface area contributed by atoms with E-state index in [0.717, 1.165) is 25.7 Å². The number of hydrogen-bond acceptors (Lipinski definition) is 4. The highest BCUT2D eigenvalue weighted by Gasteiger charge is 2.47. The van der Waals surface area contributed by atoms with Crippen molar-refractivity contribution in [2.45, 2.75) is 51.0 Å². The van der Waals surface area contributed by atoms with Crippen LogP contribution >= 0.6 is 0 Å². The minimum atomic E-state index is -3.54. The topological polar surface area (TPSA) is 101 Å². The lowest BCUT2D eigenvalue weighted by atomic mass is 10.1. The van der Waals surface area contributed by atoms with Gasteiger partial charge in [0.2, 0.25) is 5.91 Å². The molecule has 0 aromatic rings. The summed E-state index contributed by atoms with van der Waals surface area (Å²) in [6.45, 7) is 0. The van der Waals surface area contributed by atoms with Crippen LogP contribution in [0.25, 0.3) is 0 Å². The fourth-order valence-corrected chi connectivity index (χ4v) is 4.84. The van der Waals surface area contributed by atoms with Crippen LogP contribution in [0.2, 0.25) is 0 Å². The summed E-state index contributed by atoms with van der Waals surface area (Å²) >= 11 is 0. The van der Waals surface area contributed by atoms with Crippen molar-refractivity contribution >= 4 is 21.7 Å². The molecule has 6 nitrogen and oxygen atoms in total. The van der Waals surface area contributed by atoms with Crippen molar-refractivity contribution in [3.05, 3.63) is 0 Å². The third kappa shape index (κ3) is 4.47. The predicted octanol–water partition coefficient (Wildman–Crippen LogP) is 0.715. The molecule has 1 amide bonds. The van der Waals surface area contributed by atoms with E-state index < -0.39 is 32.9 Å². The number of rotatable bonds is 7. The molecule has 7 heteroatoms. The van der Waals surface area contributed by atoms with Gasteiger partial charge in [0.05, 0.1) is 12.2 Å². The molecule has 0 spiro atoms. The summed E-state index contributed by atoms with van der Waals surface area (Å²) in [5.41, 5.74) is -0.627. The molecule has 20 heavy (non-hydrogen) atoms. The number of carbonyl (C=O) groups excluding carboxylic acids is 1. The largest absolute Gasteiger partial charge is 0.481 e. The van der Waals surface area contributed by atoms with Crippen molar-refractivity contribution in [3.63, 3.8) is 0 Å². The highest BCUT2D eigenvalue weighted by atomic mass is 32.2. The molecule has 0 aromatic heterocycles. The van der Waals surface area contributed by atoms with Crippen LogP contribution < -0.4 is 5.32 Å². The summed E-state index contributed by atoms with van der Waals surface area (Å²) in [6, 6.07) is 0.103. The molecule has 2 aliphatic rings. The SMILES string of the molecule is O=C(O)CC1(CS(=O)(=O)CC(=O)NC2CCCC2)CC1. The Morgan fingerprint density at radius 1 is 1.20 bits per heavy atom. The van der Waals surface area contributed by atoms with Crippen LogP contribution in [0.15, 0.2) is 0 Å². The molecule has 0 aromatic carbocycles. The zero-order valence-electron chi connectivity index (χ0n) is 11.4. The lowest BCUT2D eigenvalue weighted by Gasteiger charge is -2.15. The summed E-state index contributed by atoms with van der Waals surface area (Å²) in [5.74, 6) is -2.15. The van der Waals surface area contributed by atoms with Gasteiger partial charge in [-0.1, -0.05) is 12.8 Å². The fraction of sp³-hybridized carbons (Fsp3) is 0.846. The second kappa shape index (κ2) is 5.71. The van der Waals surface area contributed by atoms with E-state index in [-0.39, 0.29) is 18.2 Å². The van der Waals surface area contributed by atoms with Crippen molar-refractivity contribution in [3.8, 4) is 0 Å². The number of amides is 1. The Bertz CT molecular complexity index is 489. The van der Waals surface area contributed by atoms with E-state index >= 15 is 0 Å². The molecule has 0 atom stereocenters. The first kappa shape index (κ1) is 15.3. The van der Waals surface area contributed by atoms with Gasteiger partial charge in [-0.05, 0) is 31.1 Å². The number of sulfone groups is 1. The Balaban J connectivity index is 1.84. The number of carbonyl (C=O) groups is 2. The fourth-order valence-electron chi connectivity index (χ4n) is 2.93. The van der Waals surface area contributed by atoms with Crippen molar-refractivity contribution in [1.82, 2.24) is 5.32 Å². The second-order valence-corrected chi connectivity index (χ2v) is 8.22. The van der Waals surface area contributed by atoms with Gasteiger partial charge in [-0.3, -0.25) is 9.59 Å². The zero-order valence-corrected chi connectivity index (χ0v) is 12.2. The average Bonchev–Trinajstić information content (AvgIpc) is 2.82. The summed E-state index contributed by atoms with van der Waals surface area (Å²) in [6.07, 6.45) is 5.06. The molecule has 0 saturated heterocycles. The molecule has 0 unspecified atom stereocenters. The molecular formula is C13H21NO5S. The Hall–Kier alpha value is -1.11. The maximum Gasteiger partial charge on any atom is 0.303 e. The molecular weight excluding hydrogens is 282 g/mol. The molecule has 0 aliphatic heterocycles. The zero-order chi connectivity index (χ0) is 14.8. The standard InChI is InChI=1S/C13H21NO5S/c15-11(14-10-3-1-2-4-10)8-20(18,19)9-13(5-6-13)7-12(16)17/h10H,1-9H2,(H,14,15)(H,16,17). The van der Waals surface area contributed by atoms with Crippen LogP contribution in [0.5, 0.6) is 0 Å². The number of nitrogens with one attached hydrogen (secondary N) is 1. The van der Waals surface area contributed by atoms with E-state index in [9.17, 15) is 18.0 Å². The van der Waals surface area contributed by atoms with Crippen LogP contribution in [0.1, 0.15) is 44.9 Å². The van der Waals surface area contributed by atoms with Gasteiger partial charge in [-0.25, -0.2) is 8.42 Å². The van der Waals surface area contributed by atoms with Gasteiger partial charge in [0.15, 0.2) is 9.84 Å². The first-order chi connectivity index (χ1) is 9.30. The van der Waals surface area contributed by atoms with Crippen molar-refractivity contribution in [2.24, 2.45) is 5.41 Å². The van der Waals surface area contributed by atoms with Crippen molar-refractivity contribution in [2.75, 3.05) is 11.5 Å². The Kier molecular flexibility index (Phi) is 4.36. The predicted molar refractivity (Wildman–Crippen MR) is 73.0 cm³/mol. The molecule has 0 heterocycles. The van der Waals surface area contributed by atoms with Gasteiger partial charge in [0.1, 0.15) is 5.75 Å². The molecule has 114 valence electrons. The van der Waals surface area contributed by atoms with Crippen LogP contribution in [0.3, 0.4) is 0 Å². The van der Waals surface area contributed by atoms with E-state index in [1.54, 1.807) is 0 Å². The lowest BCUT2D eigenvalue weighted by molar-refractivity contribution is -0.138. The summed E-state index contributed by atoms with van der Waals surface area (Å²) in [5, 5.41) is 11.5. The van der Waals surface area contributed by atoms with Gasteiger partial charge >= 0.3 is 5.97 Å². The first-order valence-corrected chi connectivity index (χ1v) is 8.84.